The molecule has 36 heavy (non-hydrogen) atoms. The summed E-state index contributed by atoms with van der Waals surface area (Å²) in [6.45, 7) is 7.70. The van der Waals surface area contributed by atoms with Gasteiger partial charge < -0.3 is 15.4 Å². The number of carbonyl (C=O) groups excluding carboxylic acids is 2. The molecule has 0 saturated carbocycles. The smallest absolute Gasteiger partial charge is 0.325 e. The minimum Gasteiger partial charge on any atom is -0.495 e. The second kappa shape index (κ2) is 10.6. The van der Waals surface area contributed by atoms with Gasteiger partial charge >= 0.3 is 6.03 Å². The number of urea groups is 1. The van der Waals surface area contributed by atoms with Gasteiger partial charge in [0.25, 0.3) is 5.91 Å². The predicted molar refractivity (Wildman–Crippen MR) is 147 cm³/mol. The molecule has 3 N–H and O–H groups in total. The van der Waals surface area contributed by atoms with Gasteiger partial charge in [-0.25, -0.2) is 9.78 Å². The predicted octanol–water partition coefficient (Wildman–Crippen LogP) is 6.95. The first kappa shape index (κ1) is 24.9. The topological polar surface area (TPSA) is 92.3 Å². The maximum Gasteiger partial charge on any atom is 0.325 e. The fourth-order valence-electron chi connectivity index (χ4n) is 4.07. The van der Waals surface area contributed by atoms with Gasteiger partial charge in [0.1, 0.15) is 10.6 Å². The van der Waals surface area contributed by atoms with Gasteiger partial charge in [0.2, 0.25) is 0 Å². The van der Waals surface area contributed by atoms with Crippen LogP contribution in [0.2, 0.25) is 0 Å². The van der Waals surface area contributed by atoms with Gasteiger partial charge in [0, 0.05) is 5.69 Å². The minimum atomic E-state index is -0.482. The van der Waals surface area contributed by atoms with E-state index in [0.29, 0.717) is 27.1 Å². The standard InChI is InChI=1S/C28H28N4O3S/c1-16-13-17(2)24(18(3)14-16)31-26(33)25-19(4)29-28(36-25)32-27(34)30-22-15-21(11-12-23(22)35-5)20-9-7-6-8-10-20/h6-15H,1-5H3,(H,31,33)(H2,29,30,32,34). The third kappa shape index (κ3) is 5.55. The van der Waals surface area contributed by atoms with E-state index in [4.69, 9.17) is 4.74 Å². The Morgan fingerprint density at radius 2 is 1.53 bits per heavy atom. The summed E-state index contributed by atoms with van der Waals surface area (Å²) in [5.41, 5.74) is 6.94. The second-order valence-corrected chi connectivity index (χ2v) is 9.52. The summed E-state index contributed by atoms with van der Waals surface area (Å²) in [5.74, 6) is 0.273. The quantitative estimate of drug-likeness (QED) is 0.267. The molecule has 0 radical (unpaired) electrons. The van der Waals surface area contributed by atoms with E-state index in [1.165, 1.54) is 0 Å². The van der Waals surface area contributed by atoms with E-state index in [2.05, 4.69) is 20.9 Å². The summed E-state index contributed by atoms with van der Waals surface area (Å²) >= 11 is 1.12. The van der Waals surface area contributed by atoms with Crippen molar-refractivity contribution >= 4 is 39.8 Å². The second-order valence-electron chi connectivity index (χ2n) is 8.52. The fourth-order valence-corrected chi connectivity index (χ4v) is 4.93. The highest BCUT2D eigenvalue weighted by molar-refractivity contribution is 7.17. The molecule has 8 heteroatoms. The Kier molecular flexibility index (Phi) is 7.36. The molecule has 0 aliphatic carbocycles. The van der Waals surface area contributed by atoms with Gasteiger partial charge in [-0.15, -0.1) is 0 Å². The van der Waals surface area contributed by atoms with Gasteiger partial charge in [0.05, 0.1) is 18.5 Å². The Balaban J connectivity index is 1.49. The molecule has 7 nitrogen and oxygen atoms in total. The summed E-state index contributed by atoms with van der Waals surface area (Å²) in [4.78, 5) is 30.6. The van der Waals surface area contributed by atoms with E-state index in [1.54, 1.807) is 14.0 Å². The molecule has 0 aliphatic rings. The van der Waals surface area contributed by atoms with Gasteiger partial charge in [-0.05, 0) is 62.1 Å². The fraction of sp³-hybridized carbons (Fsp3) is 0.179. The highest BCUT2D eigenvalue weighted by atomic mass is 32.1. The van der Waals surface area contributed by atoms with Crippen LogP contribution in [0.15, 0.2) is 60.7 Å². The van der Waals surface area contributed by atoms with E-state index in [1.807, 2.05) is 81.4 Å². The number of nitrogens with zero attached hydrogens (tertiary/aromatic N) is 1. The van der Waals surface area contributed by atoms with Crippen LogP contribution < -0.4 is 20.7 Å². The number of thiazole rings is 1. The van der Waals surface area contributed by atoms with Crippen molar-refractivity contribution < 1.29 is 14.3 Å². The summed E-state index contributed by atoms with van der Waals surface area (Å²) < 4.78 is 5.42. The number of methoxy groups -OCH3 is 1. The van der Waals surface area contributed by atoms with Crippen molar-refractivity contribution in [1.82, 2.24) is 4.98 Å². The summed E-state index contributed by atoms with van der Waals surface area (Å²) in [5, 5.41) is 8.88. The number of amides is 3. The third-order valence-corrected chi connectivity index (χ3v) is 6.77. The third-order valence-electron chi connectivity index (χ3n) is 5.69. The van der Waals surface area contributed by atoms with Crippen LogP contribution >= 0.6 is 11.3 Å². The molecule has 0 aliphatic heterocycles. The highest BCUT2D eigenvalue weighted by Gasteiger charge is 2.19. The van der Waals surface area contributed by atoms with E-state index in [9.17, 15) is 9.59 Å². The molecule has 4 aromatic rings. The van der Waals surface area contributed by atoms with E-state index in [0.717, 1.165) is 44.8 Å². The number of nitrogens with one attached hydrogen (secondary N) is 3. The molecule has 0 spiro atoms. The number of benzene rings is 3. The number of ether oxygens (including phenoxy) is 1. The number of hydrogen-bond acceptors (Lipinski definition) is 5. The molecule has 1 aromatic heterocycles. The van der Waals surface area contributed by atoms with Crippen molar-refractivity contribution in [3.05, 3.63) is 87.9 Å². The lowest BCUT2D eigenvalue weighted by atomic mass is 10.0. The zero-order valence-electron chi connectivity index (χ0n) is 20.9. The van der Waals surface area contributed by atoms with E-state index >= 15 is 0 Å². The average Bonchev–Trinajstić information content (AvgIpc) is 3.21. The van der Waals surface area contributed by atoms with Crippen molar-refractivity contribution in [3.63, 3.8) is 0 Å². The largest absolute Gasteiger partial charge is 0.495 e. The van der Waals surface area contributed by atoms with Crippen LogP contribution in [0.1, 0.15) is 32.1 Å². The average molecular weight is 501 g/mol. The van der Waals surface area contributed by atoms with Crippen LogP contribution in [0.5, 0.6) is 5.75 Å². The Bertz CT molecular complexity index is 1410. The van der Waals surface area contributed by atoms with Crippen molar-refractivity contribution in [2.75, 3.05) is 23.1 Å². The molecule has 0 saturated heterocycles. The van der Waals surface area contributed by atoms with Crippen LogP contribution in [0, 0.1) is 27.7 Å². The molecule has 3 amide bonds. The van der Waals surface area contributed by atoms with Crippen LogP contribution in [0.25, 0.3) is 11.1 Å². The molecular weight excluding hydrogens is 472 g/mol. The lowest BCUT2D eigenvalue weighted by Crippen LogP contribution is -2.19. The number of carbonyl (C=O) groups is 2. The molecule has 184 valence electrons. The normalized spacial score (nSPS) is 10.6. The first-order chi connectivity index (χ1) is 17.2. The highest BCUT2D eigenvalue weighted by Crippen LogP contribution is 2.31. The maximum absolute atomic E-state index is 13.0. The number of aromatic nitrogens is 1. The molecular formula is C28H28N4O3S. The van der Waals surface area contributed by atoms with Crippen molar-refractivity contribution in [2.24, 2.45) is 0 Å². The lowest BCUT2D eigenvalue weighted by Gasteiger charge is -2.12. The summed E-state index contributed by atoms with van der Waals surface area (Å²) in [7, 11) is 1.55. The Labute approximate surface area is 214 Å². The van der Waals surface area contributed by atoms with Crippen molar-refractivity contribution in [2.45, 2.75) is 27.7 Å². The number of hydrogen-bond donors (Lipinski definition) is 3. The number of anilines is 3. The molecule has 1 heterocycles. The first-order valence-electron chi connectivity index (χ1n) is 11.4. The van der Waals surface area contributed by atoms with E-state index in [-0.39, 0.29) is 5.91 Å². The molecule has 0 unspecified atom stereocenters. The van der Waals surface area contributed by atoms with Crippen LogP contribution in [0.4, 0.5) is 21.3 Å². The molecule has 3 aromatic carbocycles. The van der Waals surface area contributed by atoms with Crippen LogP contribution in [-0.2, 0) is 0 Å². The molecule has 0 bridgehead atoms. The maximum atomic E-state index is 13.0. The van der Waals surface area contributed by atoms with Gasteiger partial charge in [-0.3, -0.25) is 10.1 Å². The van der Waals surface area contributed by atoms with Crippen molar-refractivity contribution in [3.8, 4) is 16.9 Å². The number of aryl methyl sites for hydroxylation is 4. The Hall–Kier alpha value is -4.17. The Morgan fingerprint density at radius 3 is 2.19 bits per heavy atom. The molecule has 0 atom stereocenters. The Morgan fingerprint density at radius 1 is 0.833 bits per heavy atom. The summed E-state index contributed by atoms with van der Waals surface area (Å²) in [6.07, 6.45) is 0. The van der Waals surface area contributed by atoms with Gasteiger partial charge in [0.15, 0.2) is 5.13 Å². The molecule has 0 fully saturated rings. The van der Waals surface area contributed by atoms with E-state index < -0.39 is 6.03 Å². The van der Waals surface area contributed by atoms with Crippen LogP contribution in [0.3, 0.4) is 0 Å². The lowest BCUT2D eigenvalue weighted by molar-refractivity contribution is 0.102. The minimum absolute atomic E-state index is 0.259. The van der Waals surface area contributed by atoms with Crippen molar-refractivity contribution in [1.29, 1.82) is 0 Å². The first-order valence-corrected chi connectivity index (χ1v) is 12.2. The monoisotopic (exact) mass is 500 g/mol. The SMILES string of the molecule is COc1ccc(-c2ccccc2)cc1NC(=O)Nc1nc(C)c(C(=O)Nc2c(C)cc(C)cc2C)s1. The zero-order valence-corrected chi connectivity index (χ0v) is 21.7. The number of rotatable bonds is 6. The van der Waals surface area contributed by atoms with Gasteiger partial charge in [-0.2, -0.15) is 0 Å². The molecule has 4 rings (SSSR count). The summed E-state index contributed by atoms with van der Waals surface area (Å²) in [6, 6.07) is 19.0. The zero-order chi connectivity index (χ0) is 25.8. The van der Waals surface area contributed by atoms with Gasteiger partial charge in [-0.1, -0.05) is 65.4 Å². The van der Waals surface area contributed by atoms with Crippen LogP contribution in [-0.4, -0.2) is 24.0 Å².